The van der Waals surface area contributed by atoms with Crippen LogP contribution in [-0.2, 0) is 0 Å². The first-order chi connectivity index (χ1) is 8.25. The molecule has 2 aromatic rings. The molecule has 17 heavy (non-hydrogen) atoms. The summed E-state index contributed by atoms with van der Waals surface area (Å²) in [5, 5.41) is 4.76. The average molecular weight is 247 g/mol. The van der Waals surface area contributed by atoms with Gasteiger partial charge in [0.05, 0.1) is 6.04 Å². The molecule has 0 aliphatic carbocycles. The number of hydrogen-bond donors (Lipinski definition) is 1. The maximum absolute atomic E-state index is 11.6. The van der Waals surface area contributed by atoms with Gasteiger partial charge < -0.3 is 10.1 Å². The van der Waals surface area contributed by atoms with E-state index in [9.17, 15) is 4.79 Å². The molecule has 0 fully saturated rings. The van der Waals surface area contributed by atoms with Crippen molar-refractivity contribution < 1.29 is 9.53 Å². The average Bonchev–Trinajstić information content (AvgIpc) is 2.83. The number of benzene rings is 1. The maximum Gasteiger partial charge on any atom is 0.413 e. The second kappa shape index (κ2) is 5.50. The van der Waals surface area contributed by atoms with Gasteiger partial charge in [-0.3, -0.25) is 0 Å². The van der Waals surface area contributed by atoms with Crippen LogP contribution in [0.1, 0.15) is 17.8 Å². The van der Waals surface area contributed by atoms with Gasteiger partial charge in [-0.05, 0) is 30.5 Å². The largest absolute Gasteiger partial charge is 0.413 e. The van der Waals surface area contributed by atoms with Gasteiger partial charge in [0, 0.05) is 4.88 Å². The second-order valence-electron chi connectivity index (χ2n) is 3.58. The summed E-state index contributed by atoms with van der Waals surface area (Å²) in [6.45, 7) is 1.93. The molecule has 88 valence electrons. The van der Waals surface area contributed by atoms with Crippen LogP contribution in [0.5, 0.6) is 5.75 Å². The molecule has 1 amide bonds. The third kappa shape index (κ3) is 3.32. The minimum absolute atomic E-state index is 0.0359. The third-order valence-electron chi connectivity index (χ3n) is 2.26. The molecule has 1 atom stereocenters. The number of carbonyl (C=O) groups is 1. The van der Waals surface area contributed by atoms with Crippen molar-refractivity contribution in [3.05, 3.63) is 52.7 Å². The van der Waals surface area contributed by atoms with Crippen molar-refractivity contribution in [2.45, 2.75) is 13.0 Å². The zero-order chi connectivity index (χ0) is 12.1. The molecule has 0 aliphatic heterocycles. The van der Waals surface area contributed by atoms with E-state index in [0.29, 0.717) is 5.75 Å². The number of hydrogen-bond acceptors (Lipinski definition) is 3. The summed E-state index contributed by atoms with van der Waals surface area (Å²) >= 11 is 1.61. The van der Waals surface area contributed by atoms with Crippen molar-refractivity contribution in [3.8, 4) is 5.75 Å². The Bertz CT molecular complexity index is 467. The lowest BCUT2D eigenvalue weighted by Crippen LogP contribution is -2.29. The minimum Gasteiger partial charge on any atom is -0.410 e. The van der Waals surface area contributed by atoms with Gasteiger partial charge >= 0.3 is 6.09 Å². The van der Waals surface area contributed by atoms with Crippen LogP contribution >= 0.6 is 11.3 Å². The number of thiophene rings is 1. The molecular formula is C13H13NO2S. The quantitative estimate of drug-likeness (QED) is 0.900. The Morgan fingerprint density at radius 3 is 2.65 bits per heavy atom. The standard InChI is InChI=1S/C13H13NO2S/c1-10(12-8-5-9-17-12)14-13(15)16-11-6-3-2-4-7-11/h2-10H,1H3,(H,14,15)/t10-/m0/s1. The van der Waals surface area contributed by atoms with Crippen LogP contribution in [0.4, 0.5) is 4.79 Å². The van der Waals surface area contributed by atoms with Gasteiger partial charge in [0.1, 0.15) is 5.75 Å². The molecule has 0 aliphatic rings. The number of nitrogens with one attached hydrogen (secondary N) is 1. The van der Waals surface area contributed by atoms with Crippen molar-refractivity contribution >= 4 is 17.4 Å². The first-order valence-corrected chi connectivity index (χ1v) is 6.20. The Kier molecular flexibility index (Phi) is 3.77. The molecule has 0 unspecified atom stereocenters. The van der Waals surface area contributed by atoms with Crippen molar-refractivity contribution in [1.82, 2.24) is 5.32 Å². The molecule has 0 saturated carbocycles. The highest BCUT2D eigenvalue weighted by molar-refractivity contribution is 7.10. The molecule has 1 aromatic carbocycles. The molecule has 0 bridgehead atoms. The Labute approximate surface area is 104 Å². The normalized spacial score (nSPS) is 11.8. The molecule has 4 heteroatoms. The van der Waals surface area contributed by atoms with Crippen LogP contribution < -0.4 is 10.1 Å². The van der Waals surface area contributed by atoms with E-state index in [0.717, 1.165) is 4.88 Å². The van der Waals surface area contributed by atoms with Crippen molar-refractivity contribution in [2.75, 3.05) is 0 Å². The van der Waals surface area contributed by atoms with Crippen LogP contribution in [0.2, 0.25) is 0 Å². The number of rotatable bonds is 3. The SMILES string of the molecule is C[C@H](NC(=O)Oc1ccccc1)c1cccs1. The van der Waals surface area contributed by atoms with E-state index in [1.165, 1.54) is 0 Å². The van der Waals surface area contributed by atoms with Crippen molar-refractivity contribution in [3.63, 3.8) is 0 Å². The van der Waals surface area contributed by atoms with Gasteiger partial charge in [-0.15, -0.1) is 11.3 Å². The van der Waals surface area contributed by atoms with E-state index < -0.39 is 6.09 Å². The minimum atomic E-state index is -0.433. The van der Waals surface area contributed by atoms with Crippen LogP contribution in [0.25, 0.3) is 0 Å². The van der Waals surface area contributed by atoms with Crippen molar-refractivity contribution in [2.24, 2.45) is 0 Å². The summed E-state index contributed by atoms with van der Waals surface area (Å²) in [7, 11) is 0. The van der Waals surface area contributed by atoms with Crippen LogP contribution in [-0.4, -0.2) is 6.09 Å². The van der Waals surface area contributed by atoms with Gasteiger partial charge in [-0.2, -0.15) is 0 Å². The molecular weight excluding hydrogens is 234 g/mol. The fourth-order valence-corrected chi connectivity index (χ4v) is 2.15. The lowest BCUT2D eigenvalue weighted by molar-refractivity contribution is 0.197. The monoisotopic (exact) mass is 247 g/mol. The van der Waals surface area contributed by atoms with E-state index in [4.69, 9.17) is 4.74 Å². The Morgan fingerprint density at radius 1 is 1.24 bits per heavy atom. The first-order valence-electron chi connectivity index (χ1n) is 5.32. The Hall–Kier alpha value is -1.81. The molecule has 0 spiro atoms. The van der Waals surface area contributed by atoms with E-state index in [2.05, 4.69) is 5.32 Å². The van der Waals surface area contributed by atoms with E-state index >= 15 is 0 Å². The summed E-state index contributed by atoms with van der Waals surface area (Å²) in [6.07, 6.45) is -0.433. The molecule has 1 heterocycles. The van der Waals surface area contributed by atoms with Crippen LogP contribution in [0.15, 0.2) is 47.8 Å². The summed E-state index contributed by atoms with van der Waals surface area (Å²) in [5.74, 6) is 0.545. The van der Waals surface area contributed by atoms with Crippen LogP contribution in [0.3, 0.4) is 0 Å². The van der Waals surface area contributed by atoms with E-state index in [1.807, 2.05) is 42.6 Å². The van der Waals surface area contributed by atoms with Gasteiger partial charge in [0.2, 0.25) is 0 Å². The topological polar surface area (TPSA) is 38.3 Å². The molecule has 1 N–H and O–H groups in total. The number of para-hydroxylation sites is 1. The predicted octanol–water partition coefficient (Wildman–Crippen LogP) is 3.60. The Balaban J connectivity index is 1.90. The fraction of sp³-hybridized carbons (Fsp3) is 0.154. The second-order valence-corrected chi connectivity index (χ2v) is 4.56. The Morgan fingerprint density at radius 2 is 2.00 bits per heavy atom. The van der Waals surface area contributed by atoms with E-state index in [-0.39, 0.29) is 6.04 Å². The summed E-state index contributed by atoms with van der Waals surface area (Å²) in [6, 6.07) is 12.9. The summed E-state index contributed by atoms with van der Waals surface area (Å²) < 4.78 is 5.14. The molecule has 0 saturated heterocycles. The third-order valence-corrected chi connectivity index (χ3v) is 3.31. The zero-order valence-corrected chi connectivity index (χ0v) is 10.2. The number of carbonyl (C=O) groups excluding carboxylic acids is 1. The van der Waals surface area contributed by atoms with Gasteiger partial charge in [0.15, 0.2) is 0 Å². The fourth-order valence-electron chi connectivity index (χ4n) is 1.41. The van der Waals surface area contributed by atoms with Gasteiger partial charge in [0.25, 0.3) is 0 Å². The summed E-state index contributed by atoms with van der Waals surface area (Å²) in [5.41, 5.74) is 0. The first kappa shape index (κ1) is 11.7. The lowest BCUT2D eigenvalue weighted by Gasteiger charge is -2.12. The highest BCUT2D eigenvalue weighted by Gasteiger charge is 2.11. The smallest absolute Gasteiger partial charge is 0.410 e. The zero-order valence-electron chi connectivity index (χ0n) is 9.42. The van der Waals surface area contributed by atoms with E-state index in [1.54, 1.807) is 23.5 Å². The lowest BCUT2D eigenvalue weighted by atomic mass is 10.3. The van der Waals surface area contributed by atoms with Crippen LogP contribution in [0, 0.1) is 0 Å². The summed E-state index contributed by atoms with van der Waals surface area (Å²) in [4.78, 5) is 12.7. The highest BCUT2D eigenvalue weighted by Crippen LogP contribution is 2.18. The van der Waals surface area contributed by atoms with Crippen molar-refractivity contribution in [1.29, 1.82) is 0 Å². The number of amides is 1. The van der Waals surface area contributed by atoms with Gasteiger partial charge in [-0.1, -0.05) is 24.3 Å². The number of ether oxygens (including phenoxy) is 1. The molecule has 2 rings (SSSR count). The van der Waals surface area contributed by atoms with Gasteiger partial charge in [-0.25, -0.2) is 4.79 Å². The maximum atomic E-state index is 11.6. The predicted molar refractivity (Wildman–Crippen MR) is 68.3 cm³/mol. The molecule has 1 aromatic heterocycles. The molecule has 3 nitrogen and oxygen atoms in total. The highest BCUT2D eigenvalue weighted by atomic mass is 32.1. The molecule has 0 radical (unpaired) electrons.